The molecule has 0 saturated carbocycles. The number of ketones is 1. The summed E-state index contributed by atoms with van der Waals surface area (Å²) in [4.78, 5) is 11.5. The van der Waals surface area contributed by atoms with Gasteiger partial charge in [-0.2, -0.15) is 0 Å². The molecule has 0 unspecified atom stereocenters. The average Bonchev–Trinajstić information content (AvgIpc) is 2.39. The summed E-state index contributed by atoms with van der Waals surface area (Å²) in [5, 5.41) is 3.28. The number of Topliss-reactive ketones (excluding diaryl/α,β-unsaturated/α-hetero) is 1. The van der Waals surface area contributed by atoms with Crippen molar-refractivity contribution in [2.24, 2.45) is 0 Å². The minimum Gasteiger partial charge on any atom is -0.303 e. The van der Waals surface area contributed by atoms with Crippen molar-refractivity contribution in [3.8, 4) is 0 Å². The van der Waals surface area contributed by atoms with Crippen molar-refractivity contribution >= 4 is 5.78 Å². The summed E-state index contributed by atoms with van der Waals surface area (Å²) >= 11 is 0. The molecule has 0 amide bonds. The Morgan fingerprint density at radius 3 is 2.56 bits per heavy atom. The van der Waals surface area contributed by atoms with Gasteiger partial charge in [0.2, 0.25) is 0 Å². The van der Waals surface area contributed by atoms with Crippen LogP contribution in [-0.2, 0) is 17.8 Å². The molecule has 1 aromatic rings. The van der Waals surface area contributed by atoms with Crippen LogP contribution in [0.5, 0.6) is 0 Å². The van der Waals surface area contributed by atoms with Crippen LogP contribution in [0.15, 0.2) is 24.3 Å². The molecule has 1 aliphatic heterocycles. The van der Waals surface area contributed by atoms with Crippen molar-refractivity contribution in [2.75, 3.05) is 0 Å². The van der Waals surface area contributed by atoms with E-state index in [0.717, 1.165) is 13.0 Å². The highest BCUT2D eigenvalue weighted by molar-refractivity contribution is 5.84. The summed E-state index contributed by atoms with van der Waals surface area (Å²) in [6, 6.07) is 8.36. The molecule has 0 aliphatic carbocycles. The first-order chi connectivity index (χ1) is 7.81. The number of carbonyl (C=O) groups is 1. The standard InChI is InChI=1S/C12H15NO.C2H6/c1-2-12(14)11-7-9-5-3-4-6-10(9)8-13-11;1-2/h3-6,11,13H,2,7-8H2,1H3;1-2H3/t11-;/m0./s1. The topological polar surface area (TPSA) is 29.1 Å². The molecule has 0 saturated heterocycles. The highest BCUT2D eigenvalue weighted by Crippen LogP contribution is 2.16. The van der Waals surface area contributed by atoms with E-state index in [-0.39, 0.29) is 6.04 Å². The Bertz CT molecular complexity index is 346. The predicted molar refractivity (Wildman–Crippen MR) is 67.4 cm³/mol. The monoisotopic (exact) mass is 219 g/mol. The molecule has 1 aliphatic rings. The first-order valence-electron chi connectivity index (χ1n) is 6.14. The quantitative estimate of drug-likeness (QED) is 0.828. The Kier molecular flexibility index (Phi) is 5.20. The fourth-order valence-corrected chi connectivity index (χ4v) is 1.93. The molecular formula is C14H21NO. The average molecular weight is 219 g/mol. The minimum atomic E-state index is 0.0369. The number of rotatable bonds is 2. The lowest BCUT2D eigenvalue weighted by molar-refractivity contribution is -0.120. The summed E-state index contributed by atoms with van der Waals surface area (Å²) in [6.45, 7) is 6.75. The summed E-state index contributed by atoms with van der Waals surface area (Å²) in [6.07, 6.45) is 1.47. The third-order valence-corrected chi connectivity index (χ3v) is 2.82. The van der Waals surface area contributed by atoms with E-state index in [1.54, 1.807) is 0 Å². The predicted octanol–water partition coefficient (Wildman–Crippen LogP) is 2.71. The van der Waals surface area contributed by atoms with Crippen LogP contribution in [0.25, 0.3) is 0 Å². The normalized spacial score (nSPS) is 18.1. The molecule has 1 N–H and O–H groups in total. The summed E-state index contributed by atoms with van der Waals surface area (Å²) in [7, 11) is 0. The van der Waals surface area contributed by atoms with Crippen LogP contribution in [0.2, 0.25) is 0 Å². The van der Waals surface area contributed by atoms with E-state index in [1.165, 1.54) is 11.1 Å². The second-order valence-electron chi connectivity index (χ2n) is 3.73. The van der Waals surface area contributed by atoms with Crippen molar-refractivity contribution in [1.29, 1.82) is 0 Å². The van der Waals surface area contributed by atoms with Crippen molar-refractivity contribution in [1.82, 2.24) is 5.32 Å². The molecule has 0 fully saturated rings. The molecule has 1 aromatic carbocycles. The van der Waals surface area contributed by atoms with Gasteiger partial charge in [-0.15, -0.1) is 0 Å². The van der Waals surface area contributed by atoms with Gasteiger partial charge < -0.3 is 5.32 Å². The first kappa shape index (κ1) is 12.9. The van der Waals surface area contributed by atoms with E-state index in [1.807, 2.05) is 32.9 Å². The maximum Gasteiger partial charge on any atom is 0.149 e. The highest BCUT2D eigenvalue weighted by atomic mass is 16.1. The van der Waals surface area contributed by atoms with Crippen LogP contribution >= 0.6 is 0 Å². The number of carbonyl (C=O) groups excluding carboxylic acids is 1. The van der Waals surface area contributed by atoms with Gasteiger partial charge >= 0.3 is 0 Å². The van der Waals surface area contributed by atoms with Crippen molar-refractivity contribution in [2.45, 2.75) is 46.2 Å². The van der Waals surface area contributed by atoms with Crippen LogP contribution in [0.4, 0.5) is 0 Å². The number of hydrogen-bond acceptors (Lipinski definition) is 2. The second kappa shape index (κ2) is 6.44. The van der Waals surface area contributed by atoms with Crippen LogP contribution < -0.4 is 5.32 Å². The van der Waals surface area contributed by atoms with Gasteiger partial charge in [0.25, 0.3) is 0 Å². The lowest BCUT2D eigenvalue weighted by atomic mass is 9.93. The van der Waals surface area contributed by atoms with Gasteiger partial charge in [-0.3, -0.25) is 4.79 Å². The zero-order chi connectivity index (χ0) is 12.0. The Morgan fingerprint density at radius 1 is 1.31 bits per heavy atom. The van der Waals surface area contributed by atoms with Gasteiger partial charge in [-0.25, -0.2) is 0 Å². The van der Waals surface area contributed by atoms with Crippen molar-refractivity contribution in [3.63, 3.8) is 0 Å². The van der Waals surface area contributed by atoms with Gasteiger partial charge in [0.15, 0.2) is 0 Å². The van der Waals surface area contributed by atoms with E-state index < -0.39 is 0 Å². The Hall–Kier alpha value is -1.15. The lowest BCUT2D eigenvalue weighted by Crippen LogP contribution is -2.41. The molecule has 1 atom stereocenters. The Balaban J connectivity index is 0.000000606. The third kappa shape index (κ3) is 2.92. The molecular weight excluding hydrogens is 198 g/mol. The number of nitrogens with one attached hydrogen (secondary N) is 1. The van der Waals surface area contributed by atoms with E-state index in [2.05, 4.69) is 17.4 Å². The SMILES string of the molecule is CC.CCC(=O)[C@@H]1Cc2ccccc2CN1. The van der Waals surface area contributed by atoms with Gasteiger partial charge in [-0.05, 0) is 17.5 Å². The summed E-state index contributed by atoms with van der Waals surface area (Å²) < 4.78 is 0. The minimum absolute atomic E-state index is 0.0369. The summed E-state index contributed by atoms with van der Waals surface area (Å²) in [5.41, 5.74) is 2.64. The van der Waals surface area contributed by atoms with Crippen molar-refractivity contribution in [3.05, 3.63) is 35.4 Å². The van der Waals surface area contributed by atoms with Gasteiger partial charge in [-0.1, -0.05) is 45.0 Å². The van der Waals surface area contributed by atoms with E-state index in [0.29, 0.717) is 12.2 Å². The van der Waals surface area contributed by atoms with Crippen LogP contribution in [0.1, 0.15) is 38.3 Å². The molecule has 16 heavy (non-hydrogen) atoms. The molecule has 1 heterocycles. The van der Waals surface area contributed by atoms with Gasteiger partial charge in [0.05, 0.1) is 6.04 Å². The van der Waals surface area contributed by atoms with Crippen LogP contribution in [-0.4, -0.2) is 11.8 Å². The third-order valence-electron chi connectivity index (χ3n) is 2.82. The lowest BCUT2D eigenvalue weighted by Gasteiger charge is -2.24. The zero-order valence-electron chi connectivity index (χ0n) is 10.4. The number of fused-ring (bicyclic) bond motifs is 1. The fourth-order valence-electron chi connectivity index (χ4n) is 1.93. The maximum atomic E-state index is 11.5. The number of benzene rings is 1. The molecule has 0 spiro atoms. The van der Waals surface area contributed by atoms with Crippen LogP contribution in [0.3, 0.4) is 0 Å². The van der Waals surface area contributed by atoms with E-state index in [4.69, 9.17) is 0 Å². The summed E-state index contributed by atoms with van der Waals surface area (Å²) in [5.74, 6) is 0.319. The molecule has 2 heteroatoms. The number of hydrogen-bond donors (Lipinski definition) is 1. The molecule has 2 rings (SSSR count). The molecule has 2 nitrogen and oxygen atoms in total. The largest absolute Gasteiger partial charge is 0.303 e. The van der Waals surface area contributed by atoms with E-state index in [9.17, 15) is 4.79 Å². The van der Waals surface area contributed by atoms with Crippen LogP contribution in [0, 0.1) is 0 Å². The Morgan fingerprint density at radius 2 is 1.94 bits per heavy atom. The molecule has 88 valence electrons. The van der Waals surface area contributed by atoms with Crippen molar-refractivity contribution < 1.29 is 4.79 Å². The Labute approximate surface area is 98.1 Å². The maximum absolute atomic E-state index is 11.5. The molecule has 0 bridgehead atoms. The molecule has 0 radical (unpaired) electrons. The highest BCUT2D eigenvalue weighted by Gasteiger charge is 2.21. The smallest absolute Gasteiger partial charge is 0.149 e. The first-order valence-corrected chi connectivity index (χ1v) is 6.14. The second-order valence-corrected chi connectivity index (χ2v) is 3.73. The van der Waals surface area contributed by atoms with Gasteiger partial charge in [0, 0.05) is 13.0 Å². The van der Waals surface area contributed by atoms with Gasteiger partial charge in [0.1, 0.15) is 5.78 Å². The fraction of sp³-hybridized carbons (Fsp3) is 0.500. The zero-order valence-corrected chi connectivity index (χ0v) is 10.4. The molecule has 0 aromatic heterocycles. The van der Waals surface area contributed by atoms with E-state index >= 15 is 0 Å².